The Hall–Kier alpha value is -2.20. The molecule has 226 valence electrons. The first-order valence-corrected chi connectivity index (χ1v) is 18.4. The molecule has 2 fully saturated rings. The fourth-order valence-corrected chi connectivity index (χ4v) is 17.4. The molecule has 4 rings (SSSR count). The third-order valence-electron chi connectivity index (χ3n) is 8.40. The van der Waals surface area contributed by atoms with Gasteiger partial charge in [0.25, 0.3) is 5.91 Å². The molecule has 12 heteroatoms. The predicted molar refractivity (Wildman–Crippen MR) is 161 cm³/mol. The average molecular weight is 604 g/mol. The highest BCUT2D eigenvalue weighted by molar-refractivity contribution is 6.84. The van der Waals surface area contributed by atoms with E-state index >= 15 is 0 Å². The summed E-state index contributed by atoms with van der Waals surface area (Å²) >= 11 is 0. The maximum atomic E-state index is 13.2. The second-order valence-electron chi connectivity index (χ2n) is 12.6. The Kier molecular flexibility index (Phi) is 9.15. The summed E-state index contributed by atoms with van der Waals surface area (Å²) in [6.07, 6.45) is -1.03. The van der Waals surface area contributed by atoms with Gasteiger partial charge in [0.2, 0.25) is 0 Å². The Morgan fingerprint density at radius 1 is 1.00 bits per heavy atom. The van der Waals surface area contributed by atoms with Crippen LogP contribution in [0.1, 0.15) is 78.9 Å². The third-order valence-corrected chi connectivity index (χ3v) is 18.6. The lowest BCUT2D eigenvalue weighted by atomic mass is 9.96. The number of anilines is 1. The molecule has 3 unspecified atom stereocenters. The van der Waals surface area contributed by atoms with Gasteiger partial charge >= 0.3 is 22.8 Å². The van der Waals surface area contributed by atoms with Crippen LogP contribution in [-0.2, 0) is 17.7 Å². The van der Waals surface area contributed by atoms with Crippen molar-refractivity contribution in [1.29, 1.82) is 0 Å². The Labute approximate surface area is 244 Å². The molecule has 3 heterocycles. The summed E-state index contributed by atoms with van der Waals surface area (Å²) in [4.78, 5) is 29.9. The van der Waals surface area contributed by atoms with Crippen molar-refractivity contribution in [1.82, 2.24) is 9.55 Å². The summed E-state index contributed by atoms with van der Waals surface area (Å²) in [7, 11) is -5.81. The van der Waals surface area contributed by atoms with Crippen LogP contribution in [0.25, 0.3) is 0 Å². The number of nitrogens with zero attached hydrogens (tertiary/aromatic N) is 2. The lowest BCUT2D eigenvalue weighted by molar-refractivity contribution is -0.0973. The molecule has 1 amide bonds. The van der Waals surface area contributed by atoms with E-state index in [4.69, 9.17) is 17.7 Å². The molecule has 2 saturated heterocycles. The minimum Gasteiger partial charge on any atom is -0.414 e. The standard InChI is InChI=1S/C29H45N3O7Si2/c1-18(2)40(19(3)4)36-17-23-25(38-41(39-40,20(5)6)21(7)8)29(9,35)27(37-23)32-16-15-24(31-28(32)34)30-26(33)22-13-11-10-12-14-22/h10-16,18-21,23,25,27,35H,17H2,1-9H3,(H,30,31,33,34)/t23?,25?,27?,29-/m0/s1. The van der Waals surface area contributed by atoms with Crippen molar-refractivity contribution in [3.8, 4) is 0 Å². The lowest BCUT2D eigenvalue weighted by Gasteiger charge is -2.52. The smallest absolute Gasteiger partial charge is 0.351 e. The van der Waals surface area contributed by atoms with Crippen LogP contribution in [0.4, 0.5) is 5.82 Å². The van der Waals surface area contributed by atoms with Crippen molar-refractivity contribution in [2.24, 2.45) is 0 Å². The Morgan fingerprint density at radius 2 is 1.59 bits per heavy atom. The van der Waals surface area contributed by atoms with E-state index in [1.54, 1.807) is 31.2 Å². The number of aromatic nitrogens is 2. The van der Waals surface area contributed by atoms with E-state index in [9.17, 15) is 14.7 Å². The van der Waals surface area contributed by atoms with Crippen LogP contribution < -0.4 is 11.0 Å². The highest BCUT2D eigenvalue weighted by Gasteiger charge is 2.64. The number of benzene rings is 1. The monoisotopic (exact) mass is 603 g/mol. The summed E-state index contributed by atoms with van der Waals surface area (Å²) < 4.78 is 28.6. The topological polar surface area (TPSA) is 121 Å². The van der Waals surface area contributed by atoms with E-state index in [1.165, 1.54) is 16.8 Å². The van der Waals surface area contributed by atoms with Crippen LogP contribution in [0, 0.1) is 0 Å². The average Bonchev–Trinajstić information content (AvgIpc) is 3.12. The quantitative estimate of drug-likeness (QED) is 0.420. The number of fused-ring (bicyclic) bond motifs is 1. The van der Waals surface area contributed by atoms with Gasteiger partial charge in [0.05, 0.1) is 6.61 Å². The molecule has 4 atom stereocenters. The van der Waals surface area contributed by atoms with Crippen LogP contribution in [0.15, 0.2) is 47.4 Å². The largest absolute Gasteiger partial charge is 0.414 e. The normalized spacial score (nSPS) is 27.6. The minimum absolute atomic E-state index is 0.0703. The van der Waals surface area contributed by atoms with Gasteiger partial charge in [-0.3, -0.25) is 9.36 Å². The van der Waals surface area contributed by atoms with Crippen molar-refractivity contribution < 1.29 is 27.6 Å². The molecule has 41 heavy (non-hydrogen) atoms. The molecule has 0 bridgehead atoms. The van der Waals surface area contributed by atoms with Crippen LogP contribution >= 0.6 is 0 Å². The van der Waals surface area contributed by atoms with E-state index in [0.29, 0.717) is 5.56 Å². The van der Waals surface area contributed by atoms with Crippen LogP contribution in [0.2, 0.25) is 22.2 Å². The minimum atomic E-state index is -3.01. The van der Waals surface area contributed by atoms with Gasteiger partial charge in [-0.1, -0.05) is 73.6 Å². The Bertz CT molecular complexity index is 1270. The number of aliphatic hydroxyl groups is 1. The van der Waals surface area contributed by atoms with Gasteiger partial charge in [-0.2, -0.15) is 4.98 Å². The molecule has 1 aromatic carbocycles. The molecule has 2 aromatic rings. The summed E-state index contributed by atoms with van der Waals surface area (Å²) in [5.74, 6) is -0.275. The van der Waals surface area contributed by atoms with Crippen molar-refractivity contribution in [3.63, 3.8) is 0 Å². The Morgan fingerprint density at radius 3 is 2.12 bits per heavy atom. The van der Waals surface area contributed by atoms with Crippen LogP contribution in [-0.4, -0.2) is 62.1 Å². The molecule has 0 radical (unpaired) electrons. The fourth-order valence-electron chi connectivity index (χ4n) is 6.12. The number of carbonyl (C=O) groups excluding carboxylic acids is 1. The van der Waals surface area contributed by atoms with E-state index in [2.05, 4.69) is 65.7 Å². The molecule has 1 aromatic heterocycles. The van der Waals surface area contributed by atoms with E-state index in [1.807, 2.05) is 6.07 Å². The fraction of sp³-hybridized carbons (Fsp3) is 0.621. The van der Waals surface area contributed by atoms with Gasteiger partial charge in [0, 0.05) is 11.8 Å². The van der Waals surface area contributed by atoms with Gasteiger partial charge in [-0.05, 0) is 47.3 Å². The van der Waals surface area contributed by atoms with Gasteiger partial charge in [-0.25, -0.2) is 4.79 Å². The van der Waals surface area contributed by atoms with E-state index in [-0.39, 0.29) is 40.5 Å². The summed E-state index contributed by atoms with van der Waals surface area (Å²) in [5.41, 5.74) is -1.36. The van der Waals surface area contributed by atoms with Gasteiger partial charge < -0.3 is 28.1 Å². The van der Waals surface area contributed by atoms with Crippen LogP contribution in [0.3, 0.4) is 0 Å². The van der Waals surface area contributed by atoms with Gasteiger partial charge in [-0.15, -0.1) is 0 Å². The molecular weight excluding hydrogens is 559 g/mol. The van der Waals surface area contributed by atoms with E-state index in [0.717, 1.165) is 0 Å². The number of ether oxygens (including phenoxy) is 1. The third kappa shape index (κ3) is 5.75. The molecule has 0 aliphatic carbocycles. The summed E-state index contributed by atoms with van der Waals surface area (Å²) in [5, 5.41) is 14.6. The number of carbonyl (C=O) groups is 1. The highest BCUT2D eigenvalue weighted by Crippen LogP contribution is 2.50. The number of hydrogen-bond acceptors (Lipinski definition) is 8. The SMILES string of the molecule is CC(C)[Si]1(C(C)C)OCC2OC(n3ccc(NC(=O)c4ccccc4)nc3=O)[C@@](C)(O)C2O[Si](C(C)C)(C(C)C)O1. The number of hydrogen-bond donors (Lipinski definition) is 2. The van der Waals surface area contributed by atoms with Crippen molar-refractivity contribution in [2.45, 2.75) is 109 Å². The lowest BCUT2D eigenvalue weighted by Crippen LogP contribution is -2.67. The zero-order valence-electron chi connectivity index (χ0n) is 25.6. The number of amides is 1. The number of rotatable bonds is 7. The molecular formula is C29H45N3O7Si2. The Balaban J connectivity index is 1.69. The molecule has 2 N–H and O–H groups in total. The number of nitrogens with one attached hydrogen (secondary N) is 1. The molecule has 10 nitrogen and oxygen atoms in total. The van der Waals surface area contributed by atoms with E-state index < -0.39 is 46.8 Å². The second-order valence-corrected chi connectivity index (χ2v) is 21.4. The first kappa shape index (κ1) is 31.7. The first-order valence-electron chi connectivity index (χ1n) is 14.5. The first-order chi connectivity index (χ1) is 19.2. The second kappa shape index (κ2) is 11.8. The highest BCUT2D eigenvalue weighted by atomic mass is 28.5. The molecule has 0 spiro atoms. The molecule has 0 saturated carbocycles. The van der Waals surface area contributed by atoms with Crippen molar-refractivity contribution in [3.05, 3.63) is 58.6 Å². The zero-order chi connectivity index (χ0) is 30.3. The maximum Gasteiger partial charge on any atom is 0.351 e. The van der Waals surface area contributed by atoms with Crippen molar-refractivity contribution >= 4 is 28.8 Å². The van der Waals surface area contributed by atoms with Gasteiger partial charge in [0.15, 0.2) is 6.23 Å². The summed E-state index contributed by atoms with van der Waals surface area (Å²) in [6.45, 7) is 18.8. The predicted octanol–water partition coefficient (Wildman–Crippen LogP) is 5.10. The van der Waals surface area contributed by atoms with Crippen LogP contribution in [0.5, 0.6) is 0 Å². The summed E-state index contributed by atoms with van der Waals surface area (Å²) in [6, 6.07) is 10.2. The molecule has 2 aliphatic heterocycles. The zero-order valence-corrected chi connectivity index (χ0v) is 27.6. The molecule has 2 aliphatic rings. The van der Waals surface area contributed by atoms with Gasteiger partial charge in [0.1, 0.15) is 23.6 Å². The maximum absolute atomic E-state index is 13.2. The van der Waals surface area contributed by atoms with Crippen molar-refractivity contribution in [2.75, 3.05) is 11.9 Å².